The maximum absolute atomic E-state index is 5.90. The van der Waals surface area contributed by atoms with Crippen LogP contribution < -0.4 is 10.6 Å². The molecule has 0 spiro atoms. The van der Waals surface area contributed by atoms with Crippen LogP contribution in [0.1, 0.15) is 13.3 Å². The molecule has 0 amide bonds. The lowest BCUT2D eigenvalue weighted by molar-refractivity contribution is -0.0183. The first kappa shape index (κ1) is 12.7. The molecule has 0 aromatic heterocycles. The van der Waals surface area contributed by atoms with E-state index in [0.717, 1.165) is 24.5 Å². The van der Waals surface area contributed by atoms with E-state index in [1.165, 1.54) is 5.69 Å². The third kappa shape index (κ3) is 3.35. The lowest BCUT2D eigenvalue weighted by Gasteiger charge is -2.38. The third-order valence-electron chi connectivity index (χ3n) is 3.01. The zero-order valence-corrected chi connectivity index (χ0v) is 10.9. The molecular weight excluding hydrogens is 236 g/mol. The minimum absolute atomic E-state index is 0.236. The van der Waals surface area contributed by atoms with E-state index >= 15 is 0 Å². The summed E-state index contributed by atoms with van der Waals surface area (Å²) in [7, 11) is 0. The lowest BCUT2D eigenvalue weighted by atomic mass is 10.1. The smallest absolute Gasteiger partial charge is 0.0766 e. The van der Waals surface area contributed by atoms with Crippen LogP contribution in [-0.4, -0.2) is 31.8 Å². The minimum Gasteiger partial charge on any atom is -0.372 e. The average molecular weight is 255 g/mol. The summed E-state index contributed by atoms with van der Waals surface area (Å²) in [5.74, 6) is 0. The van der Waals surface area contributed by atoms with Crippen LogP contribution in [0.5, 0.6) is 0 Å². The molecule has 0 radical (unpaired) electrons. The molecule has 1 aliphatic heterocycles. The van der Waals surface area contributed by atoms with Gasteiger partial charge in [-0.15, -0.1) is 0 Å². The Bertz CT molecular complexity index is 355. The molecule has 1 aromatic carbocycles. The second kappa shape index (κ2) is 5.71. The van der Waals surface area contributed by atoms with Crippen LogP contribution in [0.3, 0.4) is 0 Å². The number of anilines is 1. The molecule has 94 valence electrons. The number of ether oxygens (including phenoxy) is 1. The van der Waals surface area contributed by atoms with Crippen molar-refractivity contribution in [2.24, 2.45) is 5.73 Å². The van der Waals surface area contributed by atoms with E-state index in [1.54, 1.807) is 0 Å². The number of rotatable bonds is 3. The van der Waals surface area contributed by atoms with Gasteiger partial charge in [-0.2, -0.15) is 0 Å². The highest BCUT2D eigenvalue weighted by atomic mass is 35.5. The van der Waals surface area contributed by atoms with Crippen molar-refractivity contribution in [3.63, 3.8) is 0 Å². The number of nitrogens with zero attached hydrogens (tertiary/aromatic N) is 1. The van der Waals surface area contributed by atoms with E-state index in [4.69, 9.17) is 22.1 Å². The molecule has 1 fully saturated rings. The number of hydrogen-bond acceptors (Lipinski definition) is 3. The van der Waals surface area contributed by atoms with Gasteiger partial charge in [-0.25, -0.2) is 0 Å². The highest BCUT2D eigenvalue weighted by molar-refractivity contribution is 6.30. The Balaban J connectivity index is 2.06. The first-order valence-corrected chi connectivity index (χ1v) is 6.43. The molecule has 1 aromatic rings. The second-order valence-corrected chi connectivity index (χ2v) is 4.96. The van der Waals surface area contributed by atoms with Gasteiger partial charge in [0.1, 0.15) is 0 Å². The lowest BCUT2D eigenvalue weighted by Crippen LogP contribution is -2.47. The van der Waals surface area contributed by atoms with Crippen LogP contribution in [0.2, 0.25) is 5.02 Å². The summed E-state index contributed by atoms with van der Waals surface area (Å²) in [4.78, 5) is 2.34. The van der Waals surface area contributed by atoms with Crippen molar-refractivity contribution < 1.29 is 4.74 Å². The van der Waals surface area contributed by atoms with Crippen molar-refractivity contribution in [1.82, 2.24) is 0 Å². The summed E-state index contributed by atoms with van der Waals surface area (Å²) < 4.78 is 5.85. The summed E-state index contributed by atoms with van der Waals surface area (Å²) in [6, 6.07) is 7.96. The quantitative estimate of drug-likeness (QED) is 0.900. The molecule has 2 atom stereocenters. The normalized spacial score (nSPS) is 25.0. The van der Waals surface area contributed by atoms with Crippen LogP contribution >= 0.6 is 11.6 Å². The van der Waals surface area contributed by atoms with E-state index in [0.29, 0.717) is 6.54 Å². The van der Waals surface area contributed by atoms with Crippen LogP contribution in [0.4, 0.5) is 5.69 Å². The molecule has 1 saturated heterocycles. The highest BCUT2D eigenvalue weighted by Crippen LogP contribution is 2.23. The van der Waals surface area contributed by atoms with Gasteiger partial charge in [0.15, 0.2) is 0 Å². The fraction of sp³-hybridized carbons (Fsp3) is 0.538. The summed E-state index contributed by atoms with van der Waals surface area (Å²) >= 11 is 5.90. The maximum Gasteiger partial charge on any atom is 0.0766 e. The zero-order chi connectivity index (χ0) is 12.3. The van der Waals surface area contributed by atoms with Gasteiger partial charge in [0.25, 0.3) is 0 Å². The van der Waals surface area contributed by atoms with E-state index < -0.39 is 0 Å². The zero-order valence-electron chi connectivity index (χ0n) is 10.1. The van der Waals surface area contributed by atoms with Crippen LogP contribution in [0.25, 0.3) is 0 Å². The van der Waals surface area contributed by atoms with Crippen molar-refractivity contribution in [3.05, 3.63) is 29.3 Å². The molecule has 4 heteroatoms. The molecule has 1 heterocycles. The van der Waals surface area contributed by atoms with E-state index in [1.807, 2.05) is 12.1 Å². The Labute approximate surface area is 107 Å². The molecule has 0 aliphatic carbocycles. The van der Waals surface area contributed by atoms with Crippen LogP contribution in [0, 0.1) is 0 Å². The predicted octanol–water partition coefficient (Wildman–Crippen LogP) is 2.28. The Morgan fingerprint density at radius 3 is 2.71 bits per heavy atom. The van der Waals surface area contributed by atoms with Gasteiger partial charge in [-0.1, -0.05) is 11.6 Å². The van der Waals surface area contributed by atoms with Crippen molar-refractivity contribution >= 4 is 17.3 Å². The molecule has 1 aliphatic rings. The fourth-order valence-electron chi connectivity index (χ4n) is 2.25. The number of nitrogens with two attached hydrogens (primary N) is 1. The summed E-state index contributed by atoms with van der Waals surface area (Å²) in [5, 5.41) is 0.772. The molecule has 2 rings (SSSR count). The number of benzene rings is 1. The molecule has 0 bridgehead atoms. The van der Waals surface area contributed by atoms with Gasteiger partial charge >= 0.3 is 0 Å². The van der Waals surface area contributed by atoms with Gasteiger partial charge in [0.2, 0.25) is 0 Å². The van der Waals surface area contributed by atoms with Gasteiger partial charge in [-0.3, -0.25) is 0 Å². The Hall–Kier alpha value is -0.770. The van der Waals surface area contributed by atoms with Crippen molar-refractivity contribution in [3.8, 4) is 0 Å². The largest absolute Gasteiger partial charge is 0.372 e. The average Bonchev–Trinajstić information content (AvgIpc) is 2.29. The summed E-state index contributed by atoms with van der Waals surface area (Å²) in [6.45, 7) is 4.60. The molecule has 2 unspecified atom stereocenters. The second-order valence-electron chi connectivity index (χ2n) is 4.53. The standard InChI is InChI=1S/C13H19ClN2O/c1-10-8-16(9-13(17-10)6-7-15)12-4-2-11(14)3-5-12/h2-5,10,13H,6-9,15H2,1H3. The maximum atomic E-state index is 5.90. The number of halogens is 1. The van der Waals surface area contributed by atoms with Gasteiger partial charge < -0.3 is 15.4 Å². The summed E-state index contributed by atoms with van der Waals surface area (Å²) in [5.41, 5.74) is 6.79. The molecule has 3 nitrogen and oxygen atoms in total. The van der Waals surface area contributed by atoms with Crippen LogP contribution in [0.15, 0.2) is 24.3 Å². The minimum atomic E-state index is 0.236. The van der Waals surface area contributed by atoms with Crippen molar-refractivity contribution in [1.29, 1.82) is 0 Å². The predicted molar refractivity (Wildman–Crippen MR) is 71.7 cm³/mol. The SMILES string of the molecule is CC1CN(c2ccc(Cl)cc2)CC(CCN)O1. The third-order valence-corrected chi connectivity index (χ3v) is 3.26. The van der Waals surface area contributed by atoms with E-state index in [2.05, 4.69) is 24.0 Å². The summed E-state index contributed by atoms with van der Waals surface area (Å²) in [6.07, 6.45) is 1.39. The Morgan fingerprint density at radius 2 is 2.06 bits per heavy atom. The van der Waals surface area contributed by atoms with Crippen LogP contribution in [-0.2, 0) is 4.74 Å². The van der Waals surface area contributed by atoms with E-state index in [-0.39, 0.29) is 12.2 Å². The topological polar surface area (TPSA) is 38.5 Å². The van der Waals surface area contributed by atoms with Gasteiger partial charge in [0, 0.05) is 23.8 Å². The van der Waals surface area contributed by atoms with E-state index in [9.17, 15) is 0 Å². The Kier molecular flexibility index (Phi) is 4.26. The van der Waals surface area contributed by atoms with Gasteiger partial charge in [0.05, 0.1) is 12.2 Å². The number of hydrogen-bond donors (Lipinski definition) is 1. The molecule has 0 saturated carbocycles. The first-order valence-electron chi connectivity index (χ1n) is 6.05. The van der Waals surface area contributed by atoms with Crippen molar-refractivity contribution in [2.45, 2.75) is 25.6 Å². The molecule has 2 N–H and O–H groups in total. The number of morpholine rings is 1. The Morgan fingerprint density at radius 1 is 1.35 bits per heavy atom. The fourth-order valence-corrected chi connectivity index (χ4v) is 2.38. The molecular formula is C13H19ClN2O. The highest BCUT2D eigenvalue weighted by Gasteiger charge is 2.24. The van der Waals surface area contributed by atoms with Crippen molar-refractivity contribution in [2.75, 3.05) is 24.5 Å². The van der Waals surface area contributed by atoms with Gasteiger partial charge in [-0.05, 0) is 44.2 Å². The monoisotopic (exact) mass is 254 g/mol. The first-order chi connectivity index (χ1) is 8.19. The molecule has 17 heavy (non-hydrogen) atoms.